The Morgan fingerprint density at radius 3 is 2.61 bits per heavy atom. The topological polar surface area (TPSA) is 79.7 Å². The summed E-state index contributed by atoms with van der Waals surface area (Å²) in [7, 11) is 0. The van der Waals surface area contributed by atoms with Gasteiger partial charge in [-0.15, -0.1) is 5.10 Å². The predicted molar refractivity (Wildman–Crippen MR) is 120 cm³/mol. The van der Waals surface area contributed by atoms with Gasteiger partial charge in [-0.3, -0.25) is 9.69 Å². The van der Waals surface area contributed by atoms with Gasteiger partial charge >= 0.3 is 0 Å². The maximum Gasteiger partial charge on any atom is 0.253 e. The van der Waals surface area contributed by atoms with Gasteiger partial charge in [0.15, 0.2) is 5.82 Å². The summed E-state index contributed by atoms with van der Waals surface area (Å²) >= 11 is 0. The number of hydrogen-bond donors (Lipinski definition) is 1. The normalized spacial score (nSPS) is 15.5. The molecule has 0 radical (unpaired) electrons. The third kappa shape index (κ3) is 3.77. The zero-order valence-corrected chi connectivity index (χ0v) is 17.9. The number of aryl methyl sites for hydroxylation is 2. The van der Waals surface area contributed by atoms with Crippen LogP contribution in [0.4, 0.5) is 0 Å². The first-order valence-electron chi connectivity index (χ1n) is 10.8. The van der Waals surface area contributed by atoms with Crippen LogP contribution in [-0.2, 0) is 6.54 Å². The minimum absolute atomic E-state index is 0.0781. The molecule has 2 aromatic carbocycles. The maximum atomic E-state index is 13.3. The number of nitrogens with one attached hydrogen (secondary N) is 1. The van der Waals surface area contributed by atoms with E-state index in [2.05, 4.69) is 56.6 Å². The largest absolute Gasteiger partial charge is 0.321 e. The molecular formula is C24H26N6O. The SMILES string of the molecule is Cc1cc(C)c2[nH]c(=O)c([C@H](c3nnnn3Cc3ccccc3)N3CCCC3)cc2c1. The lowest BCUT2D eigenvalue weighted by molar-refractivity contribution is 0.263. The molecule has 1 N–H and O–H groups in total. The van der Waals surface area contributed by atoms with Gasteiger partial charge in [-0.2, -0.15) is 0 Å². The number of H-pyrrole nitrogens is 1. The number of benzene rings is 2. The molecule has 0 amide bonds. The molecule has 1 saturated heterocycles. The van der Waals surface area contributed by atoms with Crippen LogP contribution in [0.2, 0.25) is 0 Å². The molecule has 1 atom stereocenters. The molecule has 1 fully saturated rings. The lowest BCUT2D eigenvalue weighted by Gasteiger charge is -2.26. The number of pyridine rings is 1. The number of aromatic amines is 1. The van der Waals surface area contributed by atoms with Crippen LogP contribution in [0.5, 0.6) is 0 Å². The first kappa shape index (κ1) is 19.6. The Labute approximate surface area is 180 Å². The number of nitrogens with zero attached hydrogens (tertiary/aromatic N) is 5. The van der Waals surface area contributed by atoms with Gasteiger partial charge in [-0.1, -0.05) is 42.0 Å². The lowest BCUT2D eigenvalue weighted by Crippen LogP contribution is -2.33. The summed E-state index contributed by atoms with van der Waals surface area (Å²) in [6.07, 6.45) is 2.22. The van der Waals surface area contributed by atoms with Crippen molar-refractivity contribution in [3.63, 3.8) is 0 Å². The zero-order valence-electron chi connectivity index (χ0n) is 17.9. The Bertz CT molecular complexity index is 1270. The Hall–Kier alpha value is -3.32. The summed E-state index contributed by atoms with van der Waals surface area (Å²) in [5.41, 5.74) is 4.88. The molecule has 158 valence electrons. The average Bonchev–Trinajstić information content (AvgIpc) is 3.43. The zero-order chi connectivity index (χ0) is 21.4. The van der Waals surface area contributed by atoms with Crippen LogP contribution in [0.25, 0.3) is 10.9 Å². The summed E-state index contributed by atoms with van der Waals surface area (Å²) in [5, 5.41) is 13.7. The van der Waals surface area contributed by atoms with Crippen LogP contribution in [0.15, 0.2) is 53.3 Å². The number of tetrazole rings is 1. The van der Waals surface area contributed by atoms with Gasteiger partial charge in [0, 0.05) is 5.56 Å². The van der Waals surface area contributed by atoms with E-state index in [1.807, 2.05) is 35.9 Å². The van der Waals surface area contributed by atoms with E-state index in [4.69, 9.17) is 0 Å². The van der Waals surface area contributed by atoms with Crippen molar-refractivity contribution in [2.45, 2.75) is 39.3 Å². The van der Waals surface area contributed by atoms with Gasteiger partial charge in [0.25, 0.3) is 5.56 Å². The van der Waals surface area contributed by atoms with E-state index in [9.17, 15) is 4.79 Å². The Balaban J connectivity index is 1.64. The van der Waals surface area contributed by atoms with E-state index in [1.54, 1.807) is 0 Å². The summed E-state index contributed by atoms with van der Waals surface area (Å²) in [5.74, 6) is 0.708. The van der Waals surface area contributed by atoms with Gasteiger partial charge < -0.3 is 4.98 Å². The molecule has 3 heterocycles. The minimum atomic E-state index is -0.282. The van der Waals surface area contributed by atoms with Crippen molar-refractivity contribution < 1.29 is 0 Å². The molecule has 7 heteroatoms. The van der Waals surface area contributed by atoms with Crippen LogP contribution >= 0.6 is 0 Å². The molecule has 4 aromatic rings. The van der Waals surface area contributed by atoms with Crippen molar-refractivity contribution in [2.24, 2.45) is 0 Å². The van der Waals surface area contributed by atoms with E-state index < -0.39 is 0 Å². The van der Waals surface area contributed by atoms with E-state index >= 15 is 0 Å². The minimum Gasteiger partial charge on any atom is -0.321 e. The first-order valence-corrected chi connectivity index (χ1v) is 10.8. The van der Waals surface area contributed by atoms with E-state index in [0.717, 1.165) is 48.0 Å². The fraction of sp³-hybridized carbons (Fsp3) is 0.333. The molecule has 31 heavy (non-hydrogen) atoms. The van der Waals surface area contributed by atoms with Crippen LogP contribution in [0.1, 0.15) is 47.0 Å². The molecule has 2 aromatic heterocycles. The molecule has 1 aliphatic heterocycles. The molecule has 5 rings (SSSR count). The summed E-state index contributed by atoms with van der Waals surface area (Å²) < 4.78 is 1.82. The molecule has 0 aliphatic carbocycles. The second kappa shape index (κ2) is 8.07. The summed E-state index contributed by atoms with van der Waals surface area (Å²) in [6, 6.07) is 16.1. The van der Waals surface area contributed by atoms with Crippen LogP contribution in [0.3, 0.4) is 0 Å². The molecule has 0 bridgehead atoms. The number of hydrogen-bond acceptors (Lipinski definition) is 5. The monoisotopic (exact) mass is 414 g/mol. The van der Waals surface area contributed by atoms with Gasteiger partial charge in [0.1, 0.15) is 6.04 Å². The second-order valence-electron chi connectivity index (χ2n) is 8.43. The van der Waals surface area contributed by atoms with Crippen LogP contribution < -0.4 is 5.56 Å². The highest BCUT2D eigenvalue weighted by Gasteiger charge is 2.32. The fourth-order valence-electron chi connectivity index (χ4n) is 4.68. The molecule has 0 unspecified atom stereocenters. The molecular weight excluding hydrogens is 388 g/mol. The molecule has 0 spiro atoms. The van der Waals surface area contributed by atoms with Crippen molar-refractivity contribution in [3.05, 3.63) is 87.0 Å². The molecule has 7 nitrogen and oxygen atoms in total. The Kier molecular flexibility index (Phi) is 5.11. The number of fused-ring (bicyclic) bond motifs is 1. The third-order valence-electron chi connectivity index (χ3n) is 6.10. The van der Waals surface area contributed by atoms with Crippen LogP contribution in [-0.4, -0.2) is 43.2 Å². The highest BCUT2D eigenvalue weighted by Crippen LogP contribution is 2.30. The summed E-state index contributed by atoms with van der Waals surface area (Å²) in [4.78, 5) is 18.7. The Morgan fingerprint density at radius 2 is 1.84 bits per heavy atom. The van der Waals surface area contributed by atoms with Gasteiger partial charge in [-0.05, 0) is 78.9 Å². The van der Waals surface area contributed by atoms with Crippen molar-refractivity contribution in [3.8, 4) is 0 Å². The second-order valence-corrected chi connectivity index (χ2v) is 8.43. The number of aromatic nitrogens is 5. The fourth-order valence-corrected chi connectivity index (χ4v) is 4.68. The third-order valence-corrected chi connectivity index (χ3v) is 6.10. The number of rotatable bonds is 5. The standard InChI is InChI=1S/C24H26N6O/c1-16-12-17(2)21-19(13-16)14-20(24(31)25-21)22(29-10-6-7-11-29)23-26-27-28-30(23)15-18-8-4-3-5-9-18/h3-5,8-9,12-14,22H,6-7,10-11,15H2,1-2H3,(H,25,31)/t22-/m1/s1. The number of likely N-dealkylation sites (tertiary alicyclic amines) is 1. The van der Waals surface area contributed by atoms with E-state index in [-0.39, 0.29) is 11.6 Å². The smallest absolute Gasteiger partial charge is 0.253 e. The molecule has 1 aliphatic rings. The van der Waals surface area contributed by atoms with Crippen molar-refractivity contribution in [1.29, 1.82) is 0 Å². The van der Waals surface area contributed by atoms with Crippen molar-refractivity contribution in [2.75, 3.05) is 13.1 Å². The quantitative estimate of drug-likeness (QED) is 0.542. The van der Waals surface area contributed by atoms with Gasteiger partial charge in [0.2, 0.25) is 0 Å². The average molecular weight is 415 g/mol. The van der Waals surface area contributed by atoms with Gasteiger partial charge in [-0.25, -0.2) is 4.68 Å². The highest BCUT2D eigenvalue weighted by atomic mass is 16.1. The van der Waals surface area contributed by atoms with Crippen molar-refractivity contribution >= 4 is 10.9 Å². The lowest BCUT2D eigenvalue weighted by atomic mass is 10.0. The maximum absolute atomic E-state index is 13.3. The summed E-state index contributed by atoms with van der Waals surface area (Å²) in [6.45, 7) is 6.52. The van der Waals surface area contributed by atoms with Crippen LogP contribution in [0, 0.1) is 13.8 Å². The first-order chi connectivity index (χ1) is 15.1. The van der Waals surface area contributed by atoms with Crippen molar-refractivity contribution in [1.82, 2.24) is 30.1 Å². The van der Waals surface area contributed by atoms with E-state index in [1.165, 1.54) is 5.56 Å². The van der Waals surface area contributed by atoms with E-state index in [0.29, 0.717) is 17.9 Å². The highest BCUT2D eigenvalue weighted by molar-refractivity contribution is 5.83. The molecule has 0 saturated carbocycles. The Morgan fingerprint density at radius 1 is 1.06 bits per heavy atom. The predicted octanol–water partition coefficient (Wildman–Crippen LogP) is 3.36. The van der Waals surface area contributed by atoms with Gasteiger partial charge in [0.05, 0.1) is 12.1 Å².